The molecular formula is C15H12BrF2NO2. The van der Waals surface area contributed by atoms with Crippen molar-refractivity contribution >= 4 is 27.6 Å². The molecule has 21 heavy (non-hydrogen) atoms. The fourth-order valence-corrected chi connectivity index (χ4v) is 2.16. The molecule has 0 saturated carbocycles. The molecule has 0 aliphatic heterocycles. The first-order valence-corrected chi connectivity index (χ1v) is 6.86. The molecule has 0 fully saturated rings. The van der Waals surface area contributed by atoms with E-state index >= 15 is 0 Å². The van der Waals surface area contributed by atoms with Crippen LogP contribution in [0, 0.1) is 11.6 Å². The number of halogens is 3. The van der Waals surface area contributed by atoms with E-state index in [1.54, 1.807) is 6.07 Å². The van der Waals surface area contributed by atoms with E-state index in [1.165, 1.54) is 37.4 Å². The van der Waals surface area contributed by atoms with Crippen molar-refractivity contribution in [1.29, 1.82) is 0 Å². The van der Waals surface area contributed by atoms with Gasteiger partial charge in [0.05, 0.1) is 18.4 Å². The number of benzene rings is 2. The van der Waals surface area contributed by atoms with Gasteiger partial charge in [-0.05, 0) is 42.0 Å². The highest BCUT2D eigenvalue weighted by molar-refractivity contribution is 9.10. The molecule has 0 atom stereocenters. The number of ether oxygens (including phenoxy) is 1. The van der Waals surface area contributed by atoms with Crippen LogP contribution in [-0.4, -0.2) is 13.1 Å². The molecule has 0 bridgehead atoms. The Balaban J connectivity index is 2.19. The van der Waals surface area contributed by atoms with Crippen molar-refractivity contribution in [2.24, 2.45) is 0 Å². The molecule has 0 radical (unpaired) electrons. The van der Waals surface area contributed by atoms with Gasteiger partial charge in [0.1, 0.15) is 11.6 Å². The number of hydrogen-bond donors (Lipinski definition) is 1. The molecule has 2 rings (SSSR count). The van der Waals surface area contributed by atoms with Crippen molar-refractivity contribution in [2.75, 3.05) is 12.4 Å². The molecule has 3 nitrogen and oxygen atoms in total. The predicted octanol–water partition coefficient (Wildman–Crippen LogP) is 4.13. The van der Waals surface area contributed by atoms with Crippen molar-refractivity contribution in [3.8, 4) is 0 Å². The van der Waals surface area contributed by atoms with Crippen LogP contribution in [0.1, 0.15) is 15.9 Å². The maximum Gasteiger partial charge on any atom is 0.337 e. The topological polar surface area (TPSA) is 38.3 Å². The van der Waals surface area contributed by atoms with Gasteiger partial charge in [-0.25, -0.2) is 13.6 Å². The van der Waals surface area contributed by atoms with E-state index in [0.717, 1.165) is 0 Å². The van der Waals surface area contributed by atoms with Gasteiger partial charge >= 0.3 is 5.97 Å². The lowest BCUT2D eigenvalue weighted by atomic mass is 10.1. The molecule has 0 spiro atoms. The maximum absolute atomic E-state index is 13.7. The zero-order chi connectivity index (χ0) is 15.4. The molecule has 0 unspecified atom stereocenters. The Labute approximate surface area is 129 Å². The Morgan fingerprint density at radius 2 is 2.00 bits per heavy atom. The number of nitrogens with one attached hydrogen (secondary N) is 1. The van der Waals surface area contributed by atoms with Gasteiger partial charge < -0.3 is 10.1 Å². The van der Waals surface area contributed by atoms with E-state index in [-0.39, 0.29) is 23.6 Å². The second kappa shape index (κ2) is 6.67. The highest BCUT2D eigenvalue weighted by atomic mass is 79.9. The second-order valence-corrected chi connectivity index (χ2v) is 5.13. The average molecular weight is 356 g/mol. The predicted molar refractivity (Wildman–Crippen MR) is 79.2 cm³/mol. The summed E-state index contributed by atoms with van der Waals surface area (Å²) in [5.74, 6) is -1.43. The highest BCUT2D eigenvalue weighted by Gasteiger charge is 2.10. The summed E-state index contributed by atoms with van der Waals surface area (Å²) in [6.45, 7) is 0.208. The van der Waals surface area contributed by atoms with Crippen molar-refractivity contribution in [3.05, 3.63) is 63.6 Å². The second-order valence-electron chi connectivity index (χ2n) is 4.28. The molecular weight excluding hydrogens is 344 g/mol. The summed E-state index contributed by atoms with van der Waals surface area (Å²) in [7, 11) is 1.25. The molecule has 2 aromatic carbocycles. The number of hydrogen-bond acceptors (Lipinski definition) is 3. The van der Waals surface area contributed by atoms with Crippen LogP contribution in [0.3, 0.4) is 0 Å². The largest absolute Gasteiger partial charge is 0.465 e. The number of esters is 1. The van der Waals surface area contributed by atoms with Crippen LogP contribution in [-0.2, 0) is 11.3 Å². The van der Waals surface area contributed by atoms with Gasteiger partial charge in [0.25, 0.3) is 0 Å². The lowest BCUT2D eigenvalue weighted by molar-refractivity contribution is 0.0600. The summed E-state index contributed by atoms with van der Waals surface area (Å²) < 4.78 is 32.2. The van der Waals surface area contributed by atoms with Gasteiger partial charge in [-0.15, -0.1) is 0 Å². The molecule has 0 saturated heterocycles. The minimum Gasteiger partial charge on any atom is -0.465 e. The van der Waals surface area contributed by atoms with Crippen molar-refractivity contribution in [2.45, 2.75) is 6.54 Å². The zero-order valence-electron chi connectivity index (χ0n) is 11.1. The molecule has 6 heteroatoms. The first-order valence-electron chi connectivity index (χ1n) is 6.07. The minimum absolute atomic E-state index is 0.147. The van der Waals surface area contributed by atoms with E-state index in [4.69, 9.17) is 0 Å². The van der Waals surface area contributed by atoms with Crippen LogP contribution in [0.4, 0.5) is 14.5 Å². The van der Waals surface area contributed by atoms with E-state index in [1.807, 2.05) is 0 Å². The van der Waals surface area contributed by atoms with Crippen molar-refractivity contribution in [3.63, 3.8) is 0 Å². The van der Waals surface area contributed by atoms with Gasteiger partial charge in [-0.3, -0.25) is 0 Å². The summed E-state index contributed by atoms with van der Waals surface area (Å²) in [5, 5.41) is 2.84. The summed E-state index contributed by atoms with van der Waals surface area (Å²) in [5.41, 5.74) is 1.02. The third kappa shape index (κ3) is 3.78. The molecule has 2 aromatic rings. The first kappa shape index (κ1) is 15.4. The van der Waals surface area contributed by atoms with Crippen molar-refractivity contribution < 1.29 is 18.3 Å². The van der Waals surface area contributed by atoms with Gasteiger partial charge in [0, 0.05) is 11.0 Å². The Bertz CT molecular complexity index is 677. The molecule has 110 valence electrons. The molecule has 0 amide bonds. The lowest BCUT2D eigenvalue weighted by Crippen LogP contribution is -2.06. The van der Waals surface area contributed by atoms with Crippen molar-refractivity contribution in [1.82, 2.24) is 0 Å². The van der Waals surface area contributed by atoms with E-state index in [2.05, 4.69) is 26.0 Å². The summed E-state index contributed by atoms with van der Waals surface area (Å²) in [4.78, 5) is 11.4. The number of carbonyl (C=O) groups excluding carboxylic acids is 1. The number of methoxy groups -OCH3 is 1. The van der Waals surface area contributed by atoms with E-state index in [0.29, 0.717) is 10.0 Å². The van der Waals surface area contributed by atoms with Crippen LogP contribution in [0.15, 0.2) is 40.9 Å². The SMILES string of the molecule is COC(=O)c1ccc(F)c(NCc2cc(F)ccc2Br)c1. The highest BCUT2D eigenvalue weighted by Crippen LogP contribution is 2.21. The Morgan fingerprint density at radius 1 is 1.24 bits per heavy atom. The smallest absolute Gasteiger partial charge is 0.337 e. The van der Waals surface area contributed by atoms with Gasteiger partial charge in [0.15, 0.2) is 0 Å². The van der Waals surface area contributed by atoms with Crippen LogP contribution in [0.25, 0.3) is 0 Å². The van der Waals surface area contributed by atoms with E-state index in [9.17, 15) is 13.6 Å². The molecule has 1 N–H and O–H groups in total. The lowest BCUT2D eigenvalue weighted by Gasteiger charge is -2.10. The monoisotopic (exact) mass is 355 g/mol. The Hall–Kier alpha value is -1.95. The van der Waals surface area contributed by atoms with Crippen LogP contribution in [0.5, 0.6) is 0 Å². The standard InChI is InChI=1S/C15H12BrF2NO2/c1-21-15(20)9-2-5-13(18)14(7-9)19-8-10-6-11(17)3-4-12(10)16/h2-7,19H,8H2,1H3. The maximum atomic E-state index is 13.7. The zero-order valence-corrected chi connectivity index (χ0v) is 12.7. The fourth-order valence-electron chi connectivity index (χ4n) is 1.77. The average Bonchev–Trinajstić information content (AvgIpc) is 2.48. The summed E-state index contributed by atoms with van der Waals surface area (Å²) in [6.07, 6.45) is 0. The van der Waals surface area contributed by atoms with Gasteiger partial charge in [-0.1, -0.05) is 15.9 Å². The third-order valence-corrected chi connectivity index (χ3v) is 3.64. The molecule has 0 aliphatic carbocycles. The number of carbonyl (C=O) groups is 1. The number of anilines is 1. The van der Waals surface area contributed by atoms with Crippen LogP contribution in [0.2, 0.25) is 0 Å². The fraction of sp³-hybridized carbons (Fsp3) is 0.133. The van der Waals surface area contributed by atoms with E-state index < -0.39 is 11.8 Å². The Morgan fingerprint density at radius 3 is 2.71 bits per heavy atom. The third-order valence-electron chi connectivity index (χ3n) is 2.86. The Kier molecular flexibility index (Phi) is 4.90. The van der Waals surface area contributed by atoms with Crippen LogP contribution >= 0.6 is 15.9 Å². The molecule has 0 aliphatic rings. The van der Waals surface area contributed by atoms with Gasteiger partial charge in [-0.2, -0.15) is 0 Å². The summed E-state index contributed by atoms with van der Waals surface area (Å²) in [6, 6.07) is 8.12. The quantitative estimate of drug-likeness (QED) is 0.838. The van der Waals surface area contributed by atoms with Crippen LogP contribution < -0.4 is 5.32 Å². The molecule has 0 heterocycles. The minimum atomic E-state index is -0.551. The molecule has 0 aromatic heterocycles. The number of rotatable bonds is 4. The van der Waals surface area contributed by atoms with Gasteiger partial charge in [0.2, 0.25) is 0 Å². The first-order chi connectivity index (χ1) is 10.0. The normalized spacial score (nSPS) is 10.3. The summed E-state index contributed by atoms with van der Waals surface area (Å²) >= 11 is 3.30.